The van der Waals surface area contributed by atoms with Gasteiger partial charge in [-0.25, -0.2) is 9.37 Å². The second-order valence-corrected chi connectivity index (χ2v) is 9.64. The summed E-state index contributed by atoms with van der Waals surface area (Å²) < 4.78 is 15.1. The zero-order chi connectivity index (χ0) is 26.9. The fourth-order valence-corrected chi connectivity index (χ4v) is 4.74. The summed E-state index contributed by atoms with van der Waals surface area (Å²) in [5, 5.41) is 5.79. The standard InChI is InChI=1S/C30H33FN4O3/c1-21-16-18-22(19-17-21)29(30(38)33-23-9-2-3-10-23)35(25-12-5-4-11-24(25)31)28(37)15-8-14-27(36)34-26-13-6-7-20-32-26/h4-7,11-13,16-20,23,29H,2-3,8-10,14-15H2,1H3,(H,33,38)(H,32,34,36)/t29-/m1/s1. The maximum Gasteiger partial charge on any atom is 0.248 e. The first-order valence-corrected chi connectivity index (χ1v) is 13.1. The van der Waals surface area contributed by atoms with Gasteiger partial charge in [-0.1, -0.05) is 60.9 Å². The number of aryl methyl sites for hydroxylation is 1. The molecule has 1 aliphatic rings. The number of benzene rings is 2. The van der Waals surface area contributed by atoms with Crippen molar-refractivity contribution in [3.63, 3.8) is 0 Å². The first kappa shape index (κ1) is 27.0. The molecule has 0 saturated heterocycles. The maximum atomic E-state index is 15.1. The number of rotatable bonds is 10. The molecule has 3 aromatic rings. The Morgan fingerprint density at radius 3 is 2.37 bits per heavy atom. The topological polar surface area (TPSA) is 91.4 Å². The van der Waals surface area contributed by atoms with E-state index in [1.54, 1.807) is 48.7 Å². The summed E-state index contributed by atoms with van der Waals surface area (Å²) in [5.74, 6) is -1.22. The molecule has 1 saturated carbocycles. The predicted octanol–water partition coefficient (Wildman–Crippen LogP) is 5.47. The minimum atomic E-state index is -1.05. The lowest BCUT2D eigenvalue weighted by Gasteiger charge is -2.32. The quantitative estimate of drug-likeness (QED) is 0.374. The summed E-state index contributed by atoms with van der Waals surface area (Å²) >= 11 is 0. The summed E-state index contributed by atoms with van der Waals surface area (Å²) in [5.41, 5.74) is 1.63. The van der Waals surface area contributed by atoms with Crippen LogP contribution in [0.2, 0.25) is 0 Å². The molecule has 38 heavy (non-hydrogen) atoms. The van der Waals surface area contributed by atoms with Crippen molar-refractivity contribution in [2.24, 2.45) is 0 Å². The Morgan fingerprint density at radius 2 is 1.68 bits per heavy atom. The van der Waals surface area contributed by atoms with E-state index in [1.807, 2.05) is 19.1 Å². The number of carbonyl (C=O) groups excluding carboxylic acids is 3. The molecule has 2 aromatic carbocycles. The van der Waals surface area contributed by atoms with E-state index in [2.05, 4.69) is 15.6 Å². The monoisotopic (exact) mass is 516 g/mol. The van der Waals surface area contributed by atoms with Crippen molar-refractivity contribution >= 4 is 29.2 Å². The molecule has 1 heterocycles. The smallest absolute Gasteiger partial charge is 0.248 e. The Labute approximate surface area is 222 Å². The molecular formula is C30H33FN4O3. The predicted molar refractivity (Wildman–Crippen MR) is 145 cm³/mol. The van der Waals surface area contributed by atoms with E-state index in [0.29, 0.717) is 11.4 Å². The lowest BCUT2D eigenvalue weighted by molar-refractivity contribution is -0.127. The molecule has 0 aliphatic heterocycles. The van der Waals surface area contributed by atoms with Crippen molar-refractivity contribution in [3.8, 4) is 0 Å². The van der Waals surface area contributed by atoms with E-state index in [0.717, 1.165) is 31.2 Å². The highest BCUT2D eigenvalue weighted by molar-refractivity contribution is 6.01. The van der Waals surface area contributed by atoms with E-state index in [-0.39, 0.29) is 42.8 Å². The minimum Gasteiger partial charge on any atom is -0.351 e. The molecule has 0 bridgehead atoms. The summed E-state index contributed by atoms with van der Waals surface area (Å²) in [4.78, 5) is 45.1. The molecule has 0 spiro atoms. The van der Waals surface area contributed by atoms with Crippen molar-refractivity contribution in [2.75, 3.05) is 10.2 Å². The second-order valence-electron chi connectivity index (χ2n) is 9.64. The molecular weight excluding hydrogens is 483 g/mol. The number of aromatic nitrogens is 1. The van der Waals surface area contributed by atoms with Gasteiger partial charge in [0.05, 0.1) is 5.69 Å². The van der Waals surface area contributed by atoms with Crippen LogP contribution in [0.1, 0.15) is 62.1 Å². The van der Waals surface area contributed by atoms with Gasteiger partial charge in [-0.3, -0.25) is 19.3 Å². The number of nitrogens with one attached hydrogen (secondary N) is 2. The van der Waals surface area contributed by atoms with Crippen LogP contribution in [0.15, 0.2) is 72.9 Å². The van der Waals surface area contributed by atoms with Crippen LogP contribution in [0, 0.1) is 12.7 Å². The van der Waals surface area contributed by atoms with Crippen LogP contribution >= 0.6 is 0 Å². The number of carbonyl (C=O) groups is 3. The van der Waals surface area contributed by atoms with E-state index in [4.69, 9.17) is 0 Å². The Balaban J connectivity index is 1.58. The SMILES string of the molecule is Cc1ccc([C@H](C(=O)NC2CCCC2)N(C(=O)CCCC(=O)Nc2ccccn2)c2ccccc2F)cc1. The average Bonchev–Trinajstić information content (AvgIpc) is 3.42. The highest BCUT2D eigenvalue weighted by atomic mass is 19.1. The Bertz CT molecular complexity index is 1240. The minimum absolute atomic E-state index is 0.0302. The third-order valence-electron chi connectivity index (χ3n) is 6.71. The molecule has 0 unspecified atom stereocenters. The molecule has 198 valence electrons. The molecule has 4 rings (SSSR count). The van der Waals surface area contributed by atoms with Crippen LogP contribution in [-0.2, 0) is 14.4 Å². The zero-order valence-corrected chi connectivity index (χ0v) is 21.5. The molecule has 8 heteroatoms. The number of anilines is 2. The fourth-order valence-electron chi connectivity index (χ4n) is 4.74. The lowest BCUT2D eigenvalue weighted by Crippen LogP contribution is -2.46. The van der Waals surface area contributed by atoms with Crippen LogP contribution in [-0.4, -0.2) is 28.7 Å². The number of halogens is 1. The Morgan fingerprint density at radius 1 is 0.974 bits per heavy atom. The van der Waals surface area contributed by atoms with Crippen LogP contribution in [0.4, 0.5) is 15.9 Å². The number of para-hydroxylation sites is 1. The highest BCUT2D eigenvalue weighted by Crippen LogP contribution is 2.32. The second kappa shape index (κ2) is 12.9. The number of nitrogens with zero attached hydrogens (tertiary/aromatic N) is 2. The van der Waals surface area contributed by atoms with Crippen molar-refractivity contribution < 1.29 is 18.8 Å². The van der Waals surface area contributed by atoms with Crippen molar-refractivity contribution in [2.45, 2.75) is 64.0 Å². The first-order chi connectivity index (χ1) is 18.4. The summed E-state index contributed by atoms with van der Waals surface area (Å²) in [6.45, 7) is 1.94. The normalized spacial score (nSPS) is 14.1. The van der Waals surface area contributed by atoms with Gasteiger partial charge in [0.25, 0.3) is 0 Å². The Hall–Kier alpha value is -4.07. The van der Waals surface area contributed by atoms with E-state index >= 15 is 4.39 Å². The third-order valence-corrected chi connectivity index (χ3v) is 6.71. The number of hydrogen-bond donors (Lipinski definition) is 2. The number of hydrogen-bond acceptors (Lipinski definition) is 4. The molecule has 1 aliphatic carbocycles. The molecule has 1 aromatic heterocycles. The van der Waals surface area contributed by atoms with Gasteiger partial charge in [0.1, 0.15) is 17.7 Å². The summed E-state index contributed by atoms with van der Waals surface area (Å²) in [6, 6.07) is 17.5. The third kappa shape index (κ3) is 7.03. The van der Waals surface area contributed by atoms with Gasteiger partial charge in [0, 0.05) is 25.1 Å². The Kier molecular flexibility index (Phi) is 9.19. The molecule has 1 fully saturated rings. The highest BCUT2D eigenvalue weighted by Gasteiger charge is 2.35. The van der Waals surface area contributed by atoms with Crippen molar-refractivity contribution in [1.82, 2.24) is 10.3 Å². The van der Waals surface area contributed by atoms with Gasteiger partial charge in [-0.15, -0.1) is 0 Å². The van der Waals surface area contributed by atoms with Crippen molar-refractivity contribution in [3.05, 3.63) is 89.9 Å². The summed E-state index contributed by atoms with van der Waals surface area (Å²) in [6.07, 6.45) is 5.69. The van der Waals surface area contributed by atoms with Crippen LogP contribution in [0.25, 0.3) is 0 Å². The summed E-state index contributed by atoms with van der Waals surface area (Å²) in [7, 11) is 0. The van der Waals surface area contributed by atoms with Gasteiger partial charge >= 0.3 is 0 Å². The van der Waals surface area contributed by atoms with E-state index < -0.39 is 17.8 Å². The molecule has 1 atom stereocenters. The van der Waals surface area contributed by atoms with E-state index in [9.17, 15) is 14.4 Å². The van der Waals surface area contributed by atoms with Crippen LogP contribution in [0.3, 0.4) is 0 Å². The maximum absolute atomic E-state index is 15.1. The largest absolute Gasteiger partial charge is 0.351 e. The molecule has 2 N–H and O–H groups in total. The lowest BCUT2D eigenvalue weighted by atomic mass is 10.00. The van der Waals surface area contributed by atoms with Crippen LogP contribution in [0.5, 0.6) is 0 Å². The number of pyridine rings is 1. The number of amides is 3. The fraction of sp³-hybridized carbons (Fsp3) is 0.333. The van der Waals surface area contributed by atoms with Gasteiger partial charge in [0.15, 0.2) is 0 Å². The molecule has 3 amide bonds. The molecule has 0 radical (unpaired) electrons. The first-order valence-electron chi connectivity index (χ1n) is 13.1. The van der Waals surface area contributed by atoms with Gasteiger partial charge in [-0.05, 0) is 56.0 Å². The van der Waals surface area contributed by atoms with Gasteiger partial charge in [-0.2, -0.15) is 0 Å². The van der Waals surface area contributed by atoms with Crippen LogP contribution < -0.4 is 15.5 Å². The zero-order valence-electron chi connectivity index (χ0n) is 21.5. The van der Waals surface area contributed by atoms with E-state index in [1.165, 1.54) is 17.0 Å². The van der Waals surface area contributed by atoms with Crippen molar-refractivity contribution in [1.29, 1.82) is 0 Å². The molecule has 7 nitrogen and oxygen atoms in total. The van der Waals surface area contributed by atoms with Gasteiger partial charge in [0.2, 0.25) is 17.7 Å². The van der Waals surface area contributed by atoms with Gasteiger partial charge < -0.3 is 10.6 Å². The average molecular weight is 517 g/mol.